The summed E-state index contributed by atoms with van der Waals surface area (Å²) in [7, 11) is 0. The van der Waals surface area contributed by atoms with Crippen molar-refractivity contribution < 1.29 is 23.8 Å². The van der Waals surface area contributed by atoms with Crippen LogP contribution in [-0.4, -0.2) is 35.9 Å². The standard InChI is InChI=1S/C15H14ClNO5S/c1-2-20-14(19)5-13-17(12(18)7-23-13)6-9-3-10(16)15-11(4-9)21-8-22-15/h3-5H,2,6-8H2,1H3. The lowest BCUT2D eigenvalue weighted by Crippen LogP contribution is -2.24. The van der Waals surface area contributed by atoms with E-state index in [0.29, 0.717) is 40.5 Å². The second-order valence-corrected chi connectivity index (χ2v) is 6.22. The van der Waals surface area contributed by atoms with Crippen LogP contribution < -0.4 is 9.47 Å². The molecule has 0 aliphatic carbocycles. The van der Waals surface area contributed by atoms with E-state index < -0.39 is 5.97 Å². The van der Waals surface area contributed by atoms with Crippen molar-refractivity contribution in [3.8, 4) is 11.5 Å². The molecule has 0 atom stereocenters. The van der Waals surface area contributed by atoms with Crippen molar-refractivity contribution in [2.75, 3.05) is 19.2 Å². The van der Waals surface area contributed by atoms with Gasteiger partial charge >= 0.3 is 5.97 Å². The molecule has 0 spiro atoms. The highest BCUT2D eigenvalue weighted by Gasteiger charge is 2.28. The van der Waals surface area contributed by atoms with Gasteiger partial charge in [-0.3, -0.25) is 4.79 Å². The smallest absolute Gasteiger partial charge is 0.333 e. The molecule has 2 aliphatic heterocycles. The van der Waals surface area contributed by atoms with Crippen LogP contribution in [0.3, 0.4) is 0 Å². The molecule has 0 aromatic heterocycles. The van der Waals surface area contributed by atoms with Gasteiger partial charge in [-0.05, 0) is 24.6 Å². The molecule has 2 heterocycles. The number of rotatable bonds is 4. The summed E-state index contributed by atoms with van der Waals surface area (Å²) in [4.78, 5) is 25.2. The molecule has 0 bridgehead atoms. The predicted molar refractivity (Wildman–Crippen MR) is 85.3 cm³/mol. The first-order valence-electron chi connectivity index (χ1n) is 6.98. The van der Waals surface area contributed by atoms with Crippen molar-refractivity contribution in [3.05, 3.63) is 33.8 Å². The molecule has 122 valence electrons. The van der Waals surface area contributed by atoms with E-state index >= 15 is 0 Å². The molecule has 0 saturated carbocycles. The minimum absolute atomic E-state index is 0.0701. The van der Waals surface area contributed by atoms with Crippen molar-refractivity contribution in [2.45, 2.75) is 13.5 Å². The highest BCUT2D eigenvalue weighted by Crippen LogP contribution is 2.40. The topological polar surface area (TPSA) is 65.1 Å². The zero-order chi connectivity index (χ0) is 16.4. The van der Waals surface area contributed by atoms with E-state index in [0.717, 1.165) is 5.56 Å². The Kier molecular flexibility index (Phi) is 4.68. The fraction of sp³-hybridized carbons (Fsp3) is 0.333. The van der Waals surface area contributed by atoms with E-state index in [4.69, 9.17) is 25.8 Å². The lowest BCUT2D eigenvalue weighted by molar-refractivity contribution is -0.137. The van der Waals surface area contributed by atoms with Crippen LogP contribution >= 0.6 is 23.4 Å². The summed E-state index contributed by atoms with van der Waals surface area (Å²) in [6.45, 7) is 2.45. The third kappa shape index (κ3) is 3.40. The van der Waals surface area contributed by atoms with E-state index in [1.54, 1.807) is 19.1 Å². The largest absolute Gasteiger partial charge is 0.463 e. The maximum absolute atomic E-state index is 12.1. The van der Waals surface area contributed by atoms with Crippen LogP contribution in [0.15, 0.2) is 23.2 Å². The van der Waals surface area contributed by atoms with Gasteiger partial charge in [0.2, 0.25) is 12.7 Å². The van der Waals surface area contributed by atoms with Gasteiger partial charge in [0.25, 0.3) is 0 Å². The third-order valence-corrected chi connectivity index (χ3v) is 4.57. The Bertz CT molecular complexity index is 691. The van der Waals surface area contributed by atoms with Crippen molar-refractivity contribution in [1.82, 2.24) is 4.90 Å². The van der Waals surface area contributed by atoms with Gasteiger partial charge in [0, 0.05) is 0 Å². The van der Waals surface area contributed by atoms with Gasteiger partial charge in [-0.25, -0.2) is 4.79 Å². The Hall–Kier alpha value is -1.86. The van der Waals surface area contributed by atoms with Gasteiger partial charge in [-0.2, -0.15) is 0 Å². The summed E-state index contributed by atoms with van der Waals surface area (Å²) in [5.41, 5.74) is 0.796. The summed E-state index contributed by atoms with van der Waals surface area (Å²) in [5, 5.41) is 1.01. The SMILES string of the molecule is CCOC(=O)C=C1SCC(=O)N1Cc1cc(Cl)c2c(c1)OCO2. The zero-order valence-electron chi connectivity index (χ0n) is 12.3. The number of esters is 1. The zero-order valence-corrected chi connectivity index (χ0v) is 13.9. The van der Waals surface area contributed by atoms with Gasteiger partial charge in [0.1, 0.15) is 0 Å². The lowest BCUT2D eigenvalue weighted by atomic mass is 10.2. The molecular weight excluding hydrogens is 342 g/mol. The van der Waals surface area contributed by atoms with E-state index in [1.807, 2.05) is 0 Å². The predicted octanol–water partition coefficient (Wildman–Crippen LogP) is 2.55. The molecule has 23 heavy (non-hydrogen) atoms. The number of benzene rings is 1. The first-order valence-corrected chi connectivity index (χ1v) is 8.34. The average Bonchev–Trinajstić information content (AvgIpc) is 3.09. The number of amides is 1. The molecule has 8 heteroatoms. The molecule has 3 rings (SSSR count). The van der Waals surface area contributed by atoms with Crippen LogP contribution in [0.2, 0.25) is 5.02 Å². The number of thioether (sulfide) groups is 1. The summed E-state index contributed by atoms with van der Waals surface area (Å²) in [6, 6.07) is 3.51. The number of ether oxygens (including phenoxy) is 3. The third-order valence-electron chi connectivity index (χ3n) is 3.27. The van der Waals surface area contributed by atoms with Gasteiger partial charge in [-0.1, -0.05) is 23.4 Å². The maximum Gasteiger partial charge on any atom is 0.333 e. The summed E-state index contributed by atoms with van der Waals surface area (Å²) < 4.78 is 15.5. The van der Waals surface area contributed by atoms with Crippen LogP contribution in [0, 0.1) is 0 Å². The Labute approximate surface area is 142 Å². The molecule has 0 unspecified atom stereocenters. The van der Waals surface area contributed by atoms with E-state index in [9.17, 15) is 9.59 Å². The molecule has 0 N–H and O–H groups in total. The number of carbonyl (C=O) groups excluding carboxylic acids is 2. The summed E-state index contributed by atoms with van der Waals surface area (Å²) in [5.74, 6) is 0.837. The highest BCUT2D eigenvalue weighted by atomic mass is 35.5. The molecule has 2 aliphatic rings. The van der Waals surface area contributed by atoms with Gasteiger partial charge in [-0.15, -0.1) is 0 Å². The number of hydrogen-bond acceptors (Lipinski definition) is 6. The molecule has 6 nitrogen and oxygen atoms in total. The number of halogens is 1. The second-order valence-electron chi connectivity index (χ2n) is 4.81. The van der Waals surface area contributed by atoms with Crippen LogP contribution in [0.1, 0.15) is 12.5 Å². The Morgan fingerprint density at radius 2 is 2.30 bits per heavy atom. The second kappa shape index (κ2) is 6.72. The minimum Gasteiger partial charge on any atom is -0.463 e. The van der Waals surface area contributed by atoms with E-state index in [1.165, 1.54) is 22.7 Å². The monoisotopic (exact) mass is 355 g/mol. The fourth-order valence-electron chi connectivity index (χ4n) is 2.28. The molecule has 1 aromatic carbocycles. The summed E-state index contributed by atoms with van der Waals surface area (Å²) >= 11 is 7.47. The van der Waals surface area contributed by atoms with Crippen molar-refractivity contribution in [1.29, 1.82) is 0 Å². The Morgan fingerprint density at radius 3 is 3.09 bits per heavy atom. The maximum atomic E-state index is 12.1. The van der Waals surface area contributed by atoms with E-state index in [2.05, 4.69) is 0 Å². The van der Waals surface area contributed by atoms with Gasteiger partial charge in [0.15, 0.2) is 11.5 Å². The molecular formula is C15H14ClNO5S. The minimum atomic E-state index is -0.460. The number of carbonyl (C=O) groups is 2. The van der Waals surface area contributed by atoms with Gasteiger partial charge < -0.3 is 19.1 Å². The highest BCUT2D eigenvalue weighted by molar-refractivity contribution is 8.04. The van der Waals surface area contributed by atoms with Crippen LogP contribution in [-0.2, 0) is 20.9 Å². The number of fused-ring (bicyclic) bond motifs is 1. The first kappa shape index (κ1) is 16.0. The molecule has 1 aromatic rings. The normalized spacial score (nSPS) is 17.9. The number of nitrogens with zero attached hydrogens (tertiary/aromatic N) is 1. The molecule has 1 fully saturated rings. The van der Waals surface area contributed by atoms with Crippen LogP contribution in [0.25, 0.3) is 0 Å². The Morgan fingerprint density at radius 1 is 1.48 bits per heavy atom. The Balaban J connectivity index is 1.81. The quantitative estimate of drug-likeness (QED) is 0.611. The first-order chi connectivity index (χ1) is 11.1. The average molecular weight is 356 g/mol. The fourth-order valence-corrected chi connectivity index (χ4v) is 3.50. The molecule has 1 saturated heterocycles. The lowest BCUT2D eigenvalue weighted by Gasteiger charge is -2.17. The van der Waals surface area contributed by atoms with Crippen molar-refractivity contribution >= 4 is 35.2 Å². The number of hydrogen-bond donors (Lipinski definition) is 0. The van der Waals surface area contributed by atoms with Crippen LogP contribution in [0.5, 0.6) is 11.5 Å². The van der Waals surface area contributed by atoms with Crippen molar-refractivity contribution in [3.63, 3.8) is 0 Å². The van der Waals surface area contributed by atoms with Crippen molar-refractivity contribution in [2.24, 2.45) is 0 Å². The molecule has 1 amide bonds. The van der Waals surface area contributed by atoms with Gasteiger partial charge in [0.05, 0.1) is 35.0 Å². The summed E-state index contributed by atoms with van der Waals surface area (Å²) in [6.07, 6.45) is 1.34. The van der Waals surface area contributed by atoms with Crippen LogP contribution in [0.4, 0.5) is 0 Å². The molecule has 0 radical (unpaired) electrons. The van der Waals surface area contributed by atoms with E-state index in [-0.39, 0.29) is 12.7 Å².